The summed E-state index contributed by atoms with van der Waals surface area (Å²) >= 11 is 1.45. The Morgan fingerprint density at radius 3 is 2.47 bits per heavy atom. The molecule has 1 aliphatic heterocycles. The SMILES string of the molecule is CNC(=O)c1c(NC(=O)c2ccc(S(=O)(=O)N3CCOCC3)cc2)sc2c1CC[C@@H](C)C2. The Bertz CT molecular complexity index is 1120. The van der Waals surface area contributed by atoms with Gasteiger partial charge in [-0.1, -0.05) is 6.92 Å². The lowest BCUT2D eigenvalue weighted by Gasteiger charge is -2.26. The van der Waals surface area contributed by atoms with Crippen molar-refractivity contribution in [3.63, 3.8) is 0 Å². The molecule has 1 aromatic carbocycles. The molecule has 1 saturated heterocycles. The quantitative estimate of drug-likeness (QED) is 0.689. The first-order valence-corrected chi connectivity index (χ1v) is 12.9. The Morgan fingerprint density at radius 1 is 1.12 bits per heavy atom. The van der Waals surface area contributed by atoms with Crippen LogP contribution in [0.3, 0.4) is 0 Å². The van der Waals surface area contributed by atoms with E-state index in [9.17, 15) is 18.0 Å². The number of benzene rings is 1. The molecule has 4 rings (SSSR count). The van der Waals surface area contributed by atoms with Gasteiger partial charge in [0.05, 0.1) is 23.7 Å². The van der Waals surface area contributed by atoms with E-state index in [0.717, 1.165) is 29.7 Å². The van der Waals surface area contributed by atoms with Crippen LogP contribution in [0.25, 0.3) is 0 Å². The predicted octanol–water partition coefficient (Wildman–Crippen LogP) is 2.51. The number of ether oxygens (including phenoxy) is 1. The fourth-order valence-corrected chi connectivity index (χ4v) is 6.90. The van der Waals surface area contributed by atoms with Crippen molar-refractivity contribution < 1.29 is 22.7 Å². The number of amides is 2. The molecule has 32 heavy (non-hydrogen) atoms. The van der Waals surface area contributed by atoms with Crippen molar-refractivity contribution in [2.75, 3.05) is 38.7 Å². The summed E-state index contributed by atoms with van der Waals surface area (Å²) in [5.74, 6) is -0.0420. The number of fused-ring (bicyclic) bond motifs is 1. The summed E-state index contributed by atoms with van der Waals surface area (Å²) < 4.78 is 32.2. The smallest absolute Gasteiger partial charge is 0.256 e. The minimum Gasteiger partial charge on any atom is -0.379 e. The standard InChI is InChI=1S/C22H27N3O5S2/c1-14-3-8-17-18(13-14)31-22(19(17)21(27)23-2)24-20(26)15-4-6-16(7-5-15)32(28,29)25-9-11-30-12-10-25/h4-7,14H,3,8-13H2,1-2H3,(H,23,27)(H,24,26)/t14-/m1/s1. The number of thiophene rings is 1. The summed E-state index contributed by atoms with van der Waals surface area (Å²) in [7, 11) is -2.04. The van der Waals surface area contributed by atoms with Gasteiger partial charge in [-0.3, -0.25) is 9.59 Å². The fraction of sp³-hybridized carbons (Fsp3) is 0.455. The molecule has 0 unspecified atom stereocenters. The van der Waals surface area contributed by atoms with Crippen LogP contribution >= 0.6 is 11.3 Å². The molecule has 2 heterocycles. The molecule has 0 bridgehead atoms. The van der Waals surface area contributed by atoms with Crippen molar-refractivity contribution in [3.8, 4) is 0 Å². The van der Waals surface area contributed by atoms with E-state index >= 15 is 0 Å². The first kappa shape index (κ1) is 22.9. The van der Waals surface area contributed by atoms with Gasteiger partial charge in [0.25, 0.3) is 11.8 Å². The van der Waals surface area contributed by atoms with Gasteiger partial charge in [-0.15, -0.1) is 11.3 Å². The number of carbonyl (C=O) groups is 2. The van der Waals surface area contributed by atoms with Crippen LogP contribution < -0.4 is 10.6 Å². The molecule has 2 aliphatic rings. The normalized spacial score (nSPS) is 19.2. The summed E-state index contributed by atoms with van der Waals surface area (Å²) in [6.07, 6.45) is 2.73. The molecule has 1 aromatic heterocycles. The number of hydrogen-bond acceptors (Lipinski definition) is 6. The van der Waals surface area contributed by atoms with Crippen LogP contribution in [0, 0.1) is 5.92 Å². The van der Waals surface area contributed by atoms with Gasteiger partial charge in [-0.2, -0.15) is 4.31 Å². The maximum absolute atomic E-state index is 12.9. The Kier molecular flexibility index (Phi) is 6.66. The number of rotatable bonds is 5. The average Bonchev–Trinajstić information content (AvgIpc) is 3.15. The zero-order valence-corrected chi connectivity index (χ0v) is 19.8. The number of anilines is 1. The monoisotopic (exact) mass is 477 g/mol. The third kappa shape index (κ3) is 4.45. The van der Waals surface area contributed by atoms with E-state index in [0.29, 0.717) is 48.3 Å². The van der Waals surface area contributed by atoms with Gasteiger partial charge < -0.3 is 15.4 Å². The fourth-order valence-electron chi connectivity index (χ4n) is 4.09. The summed E-state index contributed by atoms with van der Waals surface area (Å²) in [4.78, 5) is 26.7. The molecule has 1 atom stereocenters. The van der Waals surface area contributed by atoms with Crippen LogP contribution in [0.5, 0.6) is 0 Å². The summed E-state index contributed by atoms with van der Waals surface area (Å²) in [6, 6.07) is 5.89. The van der Waals surface area contributed by atoms with Gasteiger partial charge in [-0.25, -0.2) is 8.42 Å². The third-order valence-electron chi connectivity index (χ3n) is 5.92. The number of nitrogens with one attached hydrogen (secondary N) is 2. The maximum Gasteiger partial charge on any atom is 0.256 e. The molecule has 172 valence electrons. The van der Waals surface area contributed by atoms with Crippen molar-refractivity contribution in [1.29, 1.82) is 0 Å². The molecule has 0 spiro atoms. The van der Waals surface area contributed by atoms with Crippen molar-refractivity contribution in [1.82, 2.24) is 9.62 Å². The average molecular weight is 478 g/mol. The van der Waals surface area contributed by atoms with Gasteiger partial charge in [0.15, 0.2) is 0 Å². The maximum atomic E-state index is 12.9. The molecule has 1 aliphatic carbocycles. The first-order chi connectivity index (χ1) is 15.3. The molecule has 2 N–H and O–H groups in total. The van der Waals surface area contributed by atoms with Crippen LogP contribution in [0.1, 0.15) is 44.5 Å². The summed E-state index contributed by atoms with van der Waals surface area (Å²) in [6.45, 7) is 3.56. The van der Waals surface area contributed by atoms with Crippen LogP contribution in [0.2, 0.25) is 0 Å². The van der Waals surface area contributed by atoms with Gasteiger partial charge in [0, 0.05) is 30.6 Å². The molecular weight excluding hydrogens is 450 g/mol. The molecule has 10 heteroatoms. The van der Waals surface area contributed by atoms with Crippen molar-refractivity contribution in [2.45, 2.75) is 31.1 Å². The van der Waals surface area contributed by atoms with E-state index in [1.807, 2.05) is 0 Å². The number of hydrogen-bond donors (Lipinski definition) is 2. The number of nitrogens with zero attached hydrogens (tertiary/aromatic N) is 1. The van der Waals surface area contributed by atoms with E-state index < -0.39 is 10.0 Å². The van der Waals surface area contributed by atoms with Crippen LogP contribution in [0.15, 0.2) is 29.2 Å². The number of carbonyl (C=O) groups excluding carboxylic acids is 2. The topological polar surface area (TPSA) is 105 Å². The lowest BCUT2D eigenvalue weighted by molar-refractivity contribution is 0.0730. The van der Waals surface area contributed by atoms with Gasteiger partial charge in [-0.05, 0) is 55.0 Å². The Hall–Kier alpha value is -2.27. The van der Waals surface area contributed by atoms with Gasteiger partial charge in [0.1, 0.15) is 5.00 Å². The van der Waals surface area contributed by atoms with E-state index in [-0.39, 0.29) is 16.7 Å². The molecule has 1 fully saturated rings. The van der Waals surface area contributed by atoms with E-state index in [1.54, 1.807) is 7.05 Å². The van der Waals surface area contributed by atoms with E-state index in [2.05, 4.69) is 17.6 Å². The van der Waals surface area contributed by atoms with Crippen molar-refractivity contribution >= 4 is 38.2 Å². The van der Waals surface area contributed by atoms with Crippen LogP contribution in [-0.4, -0.2) is 57.9 Å². The summed E-state index contributed by atoms with van der Waals surface area (Å²) in [5.41, 5.74) is 1.89. The van der Waals surface area contributed by atoms with Crippen molar-refractivity contribution in [2.24, 2.45) is 5.92 Å². The first-order valence-electron chi connectivity index (χ1n) is 10.7. The lowest BCUT2D eigenvalue weighted by Crippen LogP contribution is -2.40. The largest absolute Gasteiger partial charge is 0.379 e. The Morgan fingerprint density at radius 2 is 1.81 bits per heavy atom. The third-order valence-corrected chi connectivity index (χ3v) is 9.00. The zero-order chi connectivity index (χ0) is 22.9. The molecule has 8 nitrogen and oxygen atoms in total. The van der Waals surface area contributed by atoms with Gasteiger partial charge >= 0.3 is 0 Å². The lowest BCUT2D eigenvalue weighted by atomic mass is 9.88. The zero-order valence-electron chi connectivity index (χ0n) is 18.1. The van der Waals surface area contributed by atoms with E-state index in [4.69, 9.17) is 4.74 Å². The second-order valence-corrected chi connectivity index (χ2v) is 11.2. The Labute approximate surface area is 192 Å². The number of morpholine rings is 1. The second-order valence-electron chi connectivity index (χ2n) is 8.13. The highest BCUT2D eigenvalue weighted by molar-refractivity contribution is 7.89. The Balaban J connectivity index is 1.55. The molecule has 0 saturated carbocycles. The summed E-state index contributed by atoms with van der Waals surface area (Å²) in [5, 5.41) is 6.09. The number of sulfonamides is 1. The van der Waals surface area contributed by atoms with E-state index in [1.165, 1.54) is 39.9 Å². The second kappa shape index (κ2) is 9.30. The molecule has 2 aromatic rings. The van der Waals surface area contributed by atoms with Gasteiger partial charge in [0.2, 0.25) is 10.0 Å². The highest BCUT2D eigenvalue weighted by Gasteiger charge is 2.29. The molecule has 2 amide bonds. The van der Waals surface area contributed by atoms with Crippen molar-refractivity contribution in [3.05, 3.63) is 45.8 Å². The van der Waals surface area contributed by atoms with Crippen LogP contribution in [-0.2, 0) is 27.6 Å². The van der Waals surface area contributed by atoms with Crippen LogP contribution in [0.4, 0.5) is 5.00 Å². The minimum absolute atomic E-state index is 0.141. The molecule has 0 radical (unpaired) electrons. The predicted molar refractivity (Wildman–Crippen MR) is 123 cm³/mol. The molecular formula is C22H27N3O5S2. The highest BCUT2D eigenvalue weighted by atomic mass is 32.2. The highest BCUT2D eigenvalue weighted by Crippen LogP contribution is 2.39. The minimum atomic E-state index is -3.62.